The Morgan fingerprint density at radius 2 is 2.17 bits per heavy atom. The van der Waals surface area contributed by atoms with Crippen LogP contribution in [0.3, 0.4) is 0 Å². The van der Waals surface area contributed by atoms with Gasteiger partial charge in [-0.1, -0.05) is 15.7 Å². The van der Waals surface area contributed by atoms with Gasteiger partial charge in [0.1, 0.15) is 0 Å². The third-order valence-corrected chi connectivity index (χ3v) is 3.12. The maximum absolute atomic E-state index is 11.1. The third-order valence-electron chi connectivity index (χ3n) is 2.57. The van der Waals surface area contributed by atoms with Crippen molar-refractivity contribution in [2.45, 2.75) is 6.42 Å². The van der Waals surface area contributed by atoms with Crippen LogP contribution in [0.25, 0.3) is 11.0 Å². The smallest absolute Gasteiger partial charge is 0.323 e. The van der Waals surface area contributed by atoms with Crippen molar-refractivity contribution < 1.29 is 0 Å². The second-order valence-corrected chi connectivity index (χ2v) is 4.54. The summed E-state index contributed by atoms with van der Waals surface area (Å²) in [4.78, 5) is 16.6. The van der Waals surface area contributed by atoms with Crippen molar-refractivity contribution in [3.05, 3.63) is 34.2 Å². The molecule has 2 aromatic heterocycles. The van der Waals surface area contributed by atoms with Gasteiger partial charge < -0.3 is 15.3 Å². The molecular weight excluding hydrogens is 252 g/mol. The van der Waals surface area contributed by atoms with Crippen molar-refractivity contribution in [3.63, 3.8) is 0 Å². The molecule has 0 amide bonds. The van der Waals surface area contributed by atoms with E-state index < -0.39 is 0 Å². The first-order valence-corrected chi connectivity index (χ1v) is 6.18. The largest absolute Gasteiger partial charge is 0.359 e. The molecule has 1 aromatic carbocycles. The first kappa shape index (κ1) is 10.9. The topological polar surface area (TPSA) is 99.3 Å². The van der Waals surface area contributed by atoms with E-state index in [1.54, 1.807) is 0 Å². The number of aromatic amines is 2. The molecule has 7 nitrogen and oxygen atoms in total. The Hall–Kier alpha value is -2.22. The van der Waals surface area contributed by atoms with Crippen LogP contribution in [0.2, 0.25) is 0 Å². The first-order valence-electron chi connectivity index (χ1n) is 5.41. The van der Waals surface area contributed by atoms with Gasteiger partial charge in [-0.15, -0.1) is 0 Å². The highest BCUT2D eigenvalue weighted by Gasteiger charge is 2.01. The van der Waals surface area contributed by atoms with Crippen molar-refractivity contribution in [2.75, 3.05) is 11.9 Å². The predicted molar refractivity (Wildman–Crippen MR) is 68.8 cm³/mol. The maximum Gasteiger partial charge on any atom is 0.323 e. The Balaban J connectivity index is 1.69. The lowest BCUT2D eigenvalue weighted by Crippen LogP contribution is -2.04. The van der Waals surface area contributed by atoms with Gasteiger partial charge in [0.05, 0.1) is 11.0 Å². The summed E-state index contributed by atoms with van der Waals surface area (Å²) in [6.45, 7) is 0.747. The Kier molecular flexibility index (Phi) is 2.77. The summed E-state index contributed by atoms with van der Waals surface area (Å²) in [5.74, 6) is 0. The lowest BCUT2D eigenvalue weighted by atomic mass is 10.1. The molecule has 0 bridgehead atoms. The highest BCUT2D eigenvalue weighted by molar-refractivity contribution is 7.09. The van der Waals surface area contributed by atoms with Crippen LogP contribution in [0, 0.1) is 0 Å². The monoisotopic (exact) mass is 262 g/mol. The fourth-order valence-electron chi connectivity index (χ4n) is 1.75. The normalized spacial score (nSPS) is 10.9. The van der Waals surface area contributed by atoms with Gasteiger partial charge in [-0.25, -0.2) is 4.79 Å². The molecule has 0 fully saturated rings. The molecule has 0 saturated carbocycles. The van der Waals surface area contributed by atoms with E-state index in [0.717, 1.165) is 29.6 Å². The van der Waals surface area contributed by atoms with E-state index in [9.17, 15) is 4.79 Å². The number of fused-ring (bicyclic) bond motifs is 1. The van der Waals surface area contributed by atoms with Gasteiger partial charge in [0.15, 0.2) is 0 Å². The molecule has 92 valence electrons. The molecule has 0 unspecified atom stereocenters. The Morgan fingerprint density at radius 3 is 3.00 bits per heavy atom. The Morgan fingerprint density at radius 1 is 1.28 bits per heavy atom. The van der Waals surface area contributed by atoms with Gasteiger partial charge in [0, 0.05) is 18.1 Å². The van der Waals surface area contributed by atoms with E-state index in [0.29, 0.717) is 5.13 Å². The highest BCUT2D eigenvalue weighted by Crippen LogP contribution is 2.11. The zero-order valence-electron chi connectivity index (χ0n) is 9.30. The lowest BCUT2D eigenvalue weighted by Gasteiger charge is -2.02. The van der Waals surface area contributed by atoms with Crippen LogP contribution in [0.15, 0.2) is 23.0 Å². The molecule has 3 aromatic rings. The molecule has 0 radical (unpaired) electrons. The number of aromatic nitrogens is 5. The SMILES string of the molecule is O=c1[nH]c2ccc(CCNc3nnns3)cc2[nH]1. The van der Waals surface area contributed by atoms with Gasteiger partial charge in [-0.05, 0) is 29.3 Å². The van der Waals surface area contributed by atoms with Crippen LogP contribution in [0.5, 0.6) is 0 Å². The minimum atomic E-state index is -0.180. The number of H-pyrrole nitrogens is 2. The Bertz CT molecular complexity index is 701. The number of imidazole rings is 1. The van der Waals surface area contributed by atoms with Gasteiger partial charge in [-0.3, -0.25) is 0 Å². The van der Waals surface area contributed by atoms with E-state index >= 15 is 0 Å². The van der Waals surface area contributed by atoms with Crippen LogP contribution in [-0.4, -0.2) is 31.3 Å². The molecule has 0 aliphatic rings. The maximum atomic E-state index is 11.1. The fourth-order valence-corrected chi connectivity index (χ4v) is 2.14. The summed E-state index contributed by atoms with van der Waals surface area (Å²) in [6, 6.07) is 5.86. The van der Waals surface area contributed by atoms with E-state index in [1.807, 2.05) is 18.2 Å². The van der Waals surface area contributed by atoms with Crippen LogP contribution >= 0.6 is 11.5 Å². The molecule has 2 heterocycles. The number of nitrogens with zero attached hydrogens (tertiary/aromatic N) is 3. The molecule has 18 heavy (non-hydrogen) atoms. The number of nitrogens with one attached hydrogen (secondary N) is 3. The fraction of sp³-hybridized carbons (Fsp3) is 0.200. The molecule has 0 aliphatic carbocycles. The predicted octanol–water partition coefficient (Wildman–Crippen LogP) is 0.757. The quantitative estimate of drug-likeness (QED) is 0.644. The second-order valence-electron chi connectivity index (χ2n) is 3.80. The van der Waals surface area contributed by atoms with Gasteiger partial charge >= 0.3 is 5.69 Å². The summed E-state index contributed by atoms with van der Waals surface area (Å²) in [7, 11) is 0. The van der Waals surface area contributed by atoms with Gasteiger partial charge in [0.25, 0.3) is 0 Å². The van der Waals surface area contributed by atoms with Crippen LogP contribution in [0.4, 0.5) is 5.13 Å². The van der Waals surface area contributed by atoms with Crippen molar-refractivity contribution in [1.29, 1.82) is 0 Å². The summed E-state index contributed by atoms with van der Waals surface area (Å²) < 4.78 is 3.67. The zero-order valence-corrected chi connectivity index (χ0v) is 10.1. The molecule has 3 N–H and O–H groups in total. The van der Waals surface area contributed by atoms with Crippen molar-refractivity contribution in [2.24, 2.45) is 0 Å². The molecule has 8 heteroatoms. The third kappa shape index (κ3) is 2.23. The minimum Gasteiger partial charge on any atom is -0.359 e. The van der Waals surface area contributed by atoms with Crippen molar-refractivity contribution >= 4 is 27.7 Å². The van der Waals surface area contributed by atoms with Crippen molar-refractivity contribution in [3.8, 4) is 0 Å². The molecular formula is C10H10N6OS. The Labute approximate surface area is 105 Å². The first-order chi connectivity index (χ1) is 8.81. The summed E-state index contributed by atoms with van der Waals surface area (Å²) in [5.41, 5.74) is 2.61. The second kappa shape index (κ2) is 4.57. The molecule has 0 aliphatic heterocycles. The van der Waals surface area contributed by atoms with E-state index in [1.165, 1.54) is 11.5 Å². The van der Waals surface area contributed by atoms with E-state index in [-0.39, 0.29) is 5.69 Å². The number of hydrogen-bond donors (Lipinski definition) is 3. The average molecular weight is 262 g/mol. The lowest BCUT2D eigenvalue weighted by molar-refractivity contribution is 0.942. The standard InChI is InChI=1S/C10H10N6OS/c17-9-12-7-2-1-6(5-8(7)13-9)3-4-11-10-14-15-16-18-10/h1-2,5H,3-4H2,(H,11,14,16)(H2,12,13,17). The van der Waals surface area contributed by atoms with E-state index in [4.69, 9.17) is 0 Å². The molecule has 3 rings (SSSR count). The number of rotatable bonds is 4. The number of hydrogen-bond acceptors (Lipinski definition) is 6. The zero-order chi connectivity index (χ0) is 12.4. The van der Waals surface area contributed by atoms with Crippen LogP contribution in [-0.2, 0) is 6.42 Å². The minimum absolute atomic E-state index is 0.180. The summed E-state index contributed by atoms with van der Waals surface area (Å²) >= 11 is 1.23. The van der Waals surface area contributed by atoms with Crippen LogP contribution in [0.1, 0.15) is 5.56 Å². The van der Waals surface area contributed by atoms with Gasteiger partial charge in [0.2, 0.25) is 5.13 Å². The average Bonchev–Trinajstić information content (AvgIpc) is 2.96. The summed E-state index contributed by atoms with van der Waals surface area (Å²) in [5, 5.41) is 11.1. The van der Waals surface area contributed by atoms with E-state index in [2.05, 4.69) is 30.1 Å². The van der Waals surface area contributed by atoms with Gasteiger partial charge in [-0.2, -0.15) is 0 Å². The molecule has 0 saturated heterocycles. The molecule has 0 spiro atoms. The van der Waals surface area contributed by atoms with Crippen LogP contribution < -0.4 is 11.0 Å². The number of anilines is 1. The number of benzene rings is 1. The highest BCUT2D eigenvalue weighted by atomic mass is 32.1. The van der Waals surface area contributed by atoms with Crippen molar-refractivity contribution in [1.82, 2.24) is 24.8 Å². The summed E-state index contributed by atoms with van der Waals surface area (Å²) in [6.07, 6.45) is 0.836. The molecule has 0 atom stereocenters.